The molecule has 0 fully saturated rings. The molecular formula is C23H44O4. The molecule has 0 radical (unpaired) electrons. The summed E-state index contributed by atoms with van der Waals surface area (Å²) < 4.78 is 11.1. The predicted molar refractivity (Wildman–Crippen MR) is 112 cm³/mol. The molecule has 0 heterocycles. The zero-order valence-electron chi connectivity index (χ0n) is 18.6. The number of carbonyl (C=O) groups excluding carboxylic acids is 2. The van der Waals surface area contributed by atoms with Crippen LogP contribution >= 0.6 is 0 Å². The zero-order chi connectivity index (χ0) is 20.5. The summed E-state index contributed by atoms with van der Waals surface area (Å²) in [6.07, 6.45) is 13.2. The zero-order valence-corrected chi connectivity index (χ0v) is 18.6. The van der Waals surface area contributed by atoms with Crippen molar-refractivity contribution < 1.29 is 19.1 Å². The van der Waals surface area contributed by atoms with Crippen LogP contribution < -0.4 is 0 Å². The molecule has 0 amide bonds. The summed E-state index contributed by atoms with van der Waals surface area (Å²) in [7, 11) is 0. The van der Waals surface area contributed by atoms with Crippen molar-refractivity contribution in [2.24, 2.45) is 5.41 Å². The first-order chi connectivity index (χ1) is 13.0. The lowest BCUT2D eigenvalue weighted by Crippen LogP contribution is -2.42. The molecule has 0 bridgehead atoms. The van der Waals surface area contributed by atoms with Gasteiger partial charge in [-0.25, -0.2) is 0 Å². The third-order valence-corrected chi connectivity index (χ3v) is 5.49. The van der Waals surface area contributed by atoms with Crippen LogP contribution in [0.3, 0.4) is 0 Å². The Balaban J connectivity index is 4.30. The standard InChI is InChI=1S/C23H44O4/c1-6-10-12-13-14-15-16-17-19-26-21(24)23(8-3,9-4)22(25)27-20(5)18-11-7-2/h20H,6-19H2,1-5H3. The van der Waals surface area contributed by atoms with E-state index in [2.05, 4.69) is 13.8 Å². The van der Waals surface area contributed by atoms with Crippen molar-refractivity contribution in [1.82, 2.24) is 0 Å². The summed E-state index contributed by atoms with van der Waals surface area (Å²) in [5, 5.41) is 0. The molecule has 0 aromatic rings. The number of esters is 2. The van der Waals surface area contributed by atoms with Crippen molar-refractivity contribution in [3.8, 4) is 0 Å². The van der Waals surface area contributed by atoms with Gasteiger partial charge in [0.05, 0.1) is 12.7 Å². The Morgan fingerprint density at radius 2 is 1.26 bits per heavy atom. The fourth-order valence-corrected chi connectivity index (χ4v) is 3.30. The van der Waals surface area contributed by atoms with Gasteiger partial charge >= 0.3 is 11.9 Å². The summed E-state index contributed by atoms with van der Waals surface area (Å²) in [6, 6.07) is 0. The van der Waals surface area contributed by atoms with E-state index in [4.69, 9.17) is 9.47 Å². The van der Waals surface area contributed by atoms with E-state index in [1.54, 1.807) is 0 Å². The van der Waals surface area contributed by atoms with Crippen LogP contribution in [0.1, 0.15) is 118 Å². The molecular weight excluding hydrogens is 340 g/mol. The van der Waals surface area contributed by atoms with E-state index in [1.807, 2.05) is 20.8 Å². The molecule has 0 aliphatic carbocycles. The van der Waals surface area contributed by atoms with Crippen LogP contribution in [-0.4, -0.2) is 24.6 Å². The minimum Gasteiger partial charge on any atom is -0.465 e. The van der Waals surface area contributed by atoms with Gasteiger partial charge in [-0.3, -0.25) is 9.59 Å². The first-order valence-corrected chi connectivity index (χ1v) is 11.4. The van der Waals surface area contributed by atoms with Gasteiger partial charge in [-0.1, -0.05) is 85.5 Å². The van der Waals surface area contributed by atoms with Crippen molar-refractivity contribution in [3.05, 3.63) is 0 Å². The number of unbranched alkanes of at least 4 members (excludes halogenated alkanes) is 8. The molecule has 0 aliphatic rings. The average Bonchev–Trinajstić information content (AvgIpc) is 2.66. The van der Waals surface area contributed by atoms with E-state index in [0.29, 0.717) is 19.4 Å². The molecule has 4 nitrogen and oxygen atoms in total. The monoisotopic (exact) mass is 384 g/mol. The SMILES string of the molecule is CCCCCCCCCCOC(=O)C(CC)(CC)C(=O)OC(C)CCCC. The molecule has 0 rings (SSSR count). The summed E-state index contributed by atoms with van der Waals surface area (Å²) in [5.41, 5.74) is -1.15. The highest BCUT2D eigenvalue weighted by molar-refractivity contribution is 6.00. The summed E-state index contributed by atoms with van der Waals surface area (Å²) in [4.78, 5) is 25.3. The van der Waals surface area contributed by atoms with Gasteiger partial charge in [0.15, 0.2) is 5.41 Å². The van der Waals surface area contributed by atoms with Gasteiger partial charge in [-0.2, -0.15) is 0 Å². The largest absolute Gasteiger partial charge is 0.465 e. The van der Waals surface area contributed by atoms with Crippen LogP contribution in [0.2, 0.25) is 0 Å². The maximum Gasteiger partial charge on any atom is 0.323 e. The predicted octanol–water partition coefficient (Wildman–Crippen LogP) is 6.60. The fraction of sp³-hybridized carbons (Fsp3) is 0.913. The van der Waals surface area contributed by atoms with Crippen molar-refractivity contribution in [2.75, 3.05) is 6.61 Å². The summed E-state index contributed by atoms with van der Waals surface area (Å²) >= 11 is 0. The Kier molecular flexibility index (Phi) is 15.3. The molecule has 1 unspecified atom stereocenters. The number of hydrogen-bond acceptors (Lipinski definition) is 4. The molecule has 0 N–H and O–H groups in total. The minimum atomic E-state index is -1.15. The van der Waals surface area contributed by atoms with Gasteiger partial charge in [0.1, 0.15) is 0 Å². The molecule has 0 saturated carbocycles. The smallest absolute Gasteiger partial charge is 0.323 e. The second-order valence-electron chi connectivity index (χ2n) is 7.76. The normalized spacial score (nSPS) is 12.6. The average molecular weight is 385 g/mol. The third-order valence-electron chi connectivity index (χ3n) is 5.49. The summed E-state index contributed by atoms with van der Waals surface area (Å²) in [6.45, 7) is 10.4. The van der Waals surface area contributed by atoms with Crippen molar-refractivity contribution >= 4 is 11.9 Å². The maximum atomic E-state index is 12.7. The van der Waals surface area contributed by atoms with E-state index in [9.17, 15) is 9.59 Å². The first kappa shape index (κ1) is 25.9. The fourth-order valence-electron chi connectivity index (χ4n) is 3.30. The third kappa shape index (κ3) is 10.2. The van der Waals surface area contributed by atoms with Gasteiger partial charge in [0.25, 0.3) is 0 Å². The van der Waals surface area contributed by atoms with Gasteiger partial charge < -0.3 is 9.47 Å². The molecule has 0 aliphatic heterocycles. The van der Waals surface area contributed by atoms with Crippen LogP contribution in [0, 0.1) is 5.41 Å². The van der Waals surface area contributed by atoms with Crippen molar-refractivity contribution in [3.63, 3.8) is 0 Å². The molecule has 4 heteroatoms. The molecule has 160 valence electrons. The number of rotatable bonds is 17. The Labute approximate surface area is 167 Å². The highest BCUT2D eigenvalue weighted by Gasteiger charge is 2.46. The lowest BCUT2D eigenvalue weighted by atomic mass is 9.82. The summed E-state index contributed by atoms with van der Waals surface area (Å²) in [5.74, 6) is -0.833. The van der Waals surface area contributed by atoms with Crippen LogP contribution in [0.15, 0.2) is 0 Å². The molecule has 0 saturated heterocycles. The first-order valence-electron chi connectivity index (χ1n) is 11.4. The number of hydrogen-bond donors (Lipinski definition) is 0. The van der Waals surface area contributed by atoms with Crippen LogP contribution in [0.5, 0.6) is 0 Å². The lowest BCUT2D eigenvalue weighted by molar-refractivity contribution is -0.176. The molecule has 1 atom stereocenters. The van der Waals surface area contributed by atoms with Gasteiger partial charge in [-0.15, -0.1) is 0 Å². The quantitative estimate of drug-likeness (QED) is 0.161. The van der Waals surface area contributed by atoms with Crippen LogP contribution in [0.25, 0.3) is 0 Å². The molecule has 0 aromatic heterocycles. The Hall–Kier alpha value is -1.06. The van der Waals surface area contributed by atoms with E-state index in [-0.39, 0.29) is 6.10 Å². The van der Waals surface area contributed by atoms with Gasteiger partial charge in [0, 0.05) is 0 Å². The van der Waals surface area contributed by atoms with Crippen LogP contribution in [0.4, 0.5) is 0 Å². The lowest BCUT2D eigenvalue weighted by Gasteiger charge is -2.28. The van der Waals surface area contributed by atoms with Gasteiger partial charge in [0.2, 0.25) is 0 Å². The molecule has 0 aromatic carbocycles. The Bertz CT molecular complexity index is 388. The topological polar surface area (TPSA) is 52.6 Å². The minimum absolute atomic E-state index is 0.157. The van der Waals surface area contributed by atoms with E-state index in [1.165, 1.54) is 38.5 Å². The highest BCUT2D eigenvalue weighted by atomic mass is 16.6. The second kappa shape index (κ2) is 15.9. The second-order valence-corrected chi connectivity index (χ2v) is 7.76. The van der Waals surface area contributed by atoms with Crippen molar-refractivity contribution in [2.45, 2.75) is 124 Å². The molecule has 27 heavy (non-hydrogen) atoms. The Morgan fingerprint density at radius 1 is 0.741 bits per heavy atom. The van der Waals surface area contributed by atoms with E-state index in [0.717, 1.165) is 32.1 Å². The van der Waals surface area contributed by atoms with Crippen molar-refractivity contribution in [1.29, 1.82) is 0 Å². The van der Waals surface area contributed by atoms with E-state index < -0.39 is 17.4 Å². The molecule has 0 spiro atoms. The van der Waals surface area contributed by atoms with Crippen LogP contribution in [-0.2, 0) is 19.1 Å². The van der Waals surface area contributed by atoms with Gasteiger partial charge in [-0.05, 0) is 32.6 Å². The number of ether oxygens (including phenoxy) is 2. The highest BCUT2D eigenvalue weighted by Crippen LogP contribution is 2.31. The maximum absolute atomic E-state index is 12.7. The number of carbonyl (C=O) groups is 2. The van der Waals surface area contributed by atoms with E-state index >= 15 is 0 Å². The Morgan fingerprint density at radius 3 is 1.78 bits per heavy atom.